The van der Waals surface area contributed by atoms with Crippen molar-refractivity contribution < 1.29 is 9.53 Å². The molecule has 1 N–H and O–H groups in total. The number of ketones is 1. The molecule has 1 heterocycles. The summed E-state index contributed by atoms with van der Waals surface area (Å²) in [6.07, 6.45) is 0.456. The molecular formula is C16H15NO2. The van der Waals surface area contributed by atoms with Gasteiger partial charge in [-0.3, -0.25) is 4.79 Å². The molecule has 0 fully saturated rings. The first-order chi connectivity index (χ1) is 9.29. The fraction of sp³-hybridized carbons (Fsp3) is 0.188. The van der Waals surface area contributed by atoms with Crippen molar-refractivity contribution in [1.82, 2.24) is 0 Å². The van der Waals surface area contributed by atoms with Gasteiger partial charge in [-0.05, 0) is 18.2 Å². The van der Waals surface area contributed by atoms with Gasteiger partial charge in [-0.15, -0.1) is 0 Å². The van der Waals surface area contributed by atoms with E-state index in [1.807, 2.05) is 48.5 Å². The minimum absolute atomic E-state index is 0.0291. The van der Waals surface area contributed by atoms with Crippen LogP contribution in [0.2, 0.25) is 0 Å². The van der Waals surface area contributed by atoms with Crippen LogP contribution in [-0.2, 0) is 0 Å². The van der Waals surface area contributed by atoms with Crippen molar-refractivity contribution >= 4 is 11.5 Å². The maximum absolute atomic E-state index is 12.2. The van der Waals surface area contributed by atoms with Gasteiger partial charge in [0.2, 0.25) is 0 Å². The van der Waals surface area contributed by atoms with Gasteiger partial charge in [0.05, 0.1) is 13.2 Å². The third kappa shape index (κ3) is 2.08. The van der Waals surface area contributed by atoms with Crippen LogP contribution in [-0.4, -0.2) is 12.9 Å². The van der Waals surface area contributed by atoms with Crippen LogP contribution in [0.4, 0.5) is 5.69 Å². The molecule has 0 unspecified atom stereocenters. The molecule has 19 heavy (non-hydrogen) atoms. The summed E-state index contributed by atoms with van der Waals surface area (Å²) in [5.41, 5.74) is 2.69. The van der Waals surface area contributed by atoms with E-state index in [1.165, 1.54) is 0 Å². The minimum Gasteiger partial charge on any atom is -0.496 e. The van der Waals surface area contributed by atoms with Crippen molar-refractivity contribution in [1.29, 1.82) is 0 Å². The van der Waals surface area contributed by atoms with Crippen LogP contribution in [0.5, 0.6) is 5.75 Å². The van der Waals surface area contributed by atoms with Gasteiger partial charge in [0.25, 0.3) is 0 Å². The van der Waals surface area contributed by atoms with E-state index >= 15 is 0 Å². The SMILES string of the molecule is COc1ccccc1[C@@H]1CC(=O)c2ccccc2N1. The average molecular weight is 253 g/mol. The van der Waals surface area contributed by atoms with Crippen LogP contribution in [0.15, 0.2) is 48.5 Å². The lowest BCUT2D eigenvalue weighted by Crippen LogP contribution is -2.23. The summed E-state index contributed by atoms with van der Waals surface area (Å²) < 4.78 is 5.37. The predicted octanol–water partition coefficient (Wildman–Crippen LogP) is 3.43. The monoisotopic (exact) mass is 253 g/mol. The number of Topliss-reactive ketones (excluding diaryl/α,β-unsaturated/α-hetero) is 1. The van der Waals surface area contributed by atoms with Crippen LogP contribution < -0.4 is 10.1 Å². The number of fused-ring (bicyclic) bond motifs is 1. The quantitative estimate of drug-likeness (QED) is 0.891. The van der Waals surface area contributed by atoms with Gasteiger partial charge in [-0.1, -0.05) is 30.3 Å². The fourth-order valence-electron chi connectivity index (χ4n) is 2.53. The second-order valence-electron chi connectivity index (χ2n) is 4.61. The zero-order valence-electron chi connectivity index (χ0n) is 10.7. The lowest BCUT2D eigenvalue weighted by atomic mass is 9.92. The molecule has 0 saturated carbocycles. The molecule has 0 bridgehead atoms. The maximum Gasteiger partial charge on any atom is 0.167 e. The molecule has 1 aliphatic rings. The molecule has 0 aliphatic carbocycles. The van der Waals surface area contributed by atoms with Crippen LogP contribution in [0.1, 0.15) is 28.4 Å². The van der Waals surface area contributed by atoms with Crippen LogP contribution in [0.3, 0.4) is 0 Å². The summed E-state index contributed by atoms with van der Waals surface area (Å²) in [5, 5.41) is 3.42. The Kier molecular flexibility index (Phi) is 2.95. The zero-order valence-corrected chi connectivity index (χ0v) is 10.7. The molecule has 1 aliphatic heterocycles. The highest BCUT2D eigenvalue weighted by Crippen LogP contribution is 2.35. The maximum atomic E-state index is 12.2. The van der Waals surface area contributed by atoms with E-state index in [-0.39, 0.29) is 11.8 Å². The first-order valence-corrected chi connectivity index (χ1v) is 6.31. The van der Waals surface area contributed by atoms with Crippen molar-refractivity contribution in [2.75, 3.05) is 12.4 Å². The van der Waals surface area contributed by atoms with E-state index in [0.29, 0.717) is 6.42 Å². The summed E-state index contributed by atoms with van der Waals surface area (Å²) in [4.78, 5) is 12.2. The summed E-state index contributed by atoms with van der Waals surface area (Å²) in [7, 11) is 1.65. The Balaban J connectivity index is 1.99. The van der Waals surface area contributed by atoms with Crippen molar-refractivity contribution in [2.45, 2.75) is 12.5 Å². The van der Waals surface area contributed by atoms with Crippen molar-refractivity contribution in [3.05, 3.63) is 59.7 Å². The highest BCUT2D eigenvalue weighted by molar-refractivity contribution is 6.03. The second kappa shape index (κ2) is 4.76. The minimum atomic E-state index is -0.0291. The first kappa shape index (κ1) is 11.8. The highest BCUT2D eigenvalue weighted by atomic mass is 16.5. The number of hydrogen-bond donors (Lipinski definition) is 1. The largest absolute Gasteiger partial charge is 0.496 e. The standard InChI is InChI=1S/C16H15NO2/c1-19-16-9-5-3-7-12(16)14-10-15(18)11-6-2-4-8-13(11)17-14/h2-9,14,17H,10H2,1H3/t14-/m0/s1. The third-order valence-electron chi connectivity index (χ3n) is 3.46. The predicted molar refractivity (Wildman–Crippen MR) is 74.7 cm³/mol. The van der Waals surface area contributed by atoms with Gasteiger partial charge in [-0.25, -0.2) is 0 Å². The molecule has 0 spiro atoms. The van der Waals surface area contributed by atoms with Crippen LogP contribution in [0.25, 0.3) is 0 Å². The van der Waals surface area contributed by atoms with Gasteiger partial charge >= 0.3 is 0 Å². The molecule has 0 aromatic heterocycles. The van der Waals surface area contributed by atoms with Gasteiger partial charge in [0.15, 0.2) is 5.78 Å². The summed E-state index contributed by atoms with van der Waals surface area (Å²) >= 11 is 0. The van der Waals surface area contributed by atoms with E-state index in [0.717, 1.165) is 22.6 Å². The molecule has 2 aromatic rings. The molecule has 0 amide bonds. The number of carbonyl (C=O) groups excluding carboxylic acids is 1. The molecule has 2 aromatic carbocycles. The van der Waals surface area contributed by atoms with Crippen molar-refractivity contribution in [2.24, 2.45) is 0 Å². The Labute approximate surface area is 112 Å². The smallest absolute Gasteiger partial charge is 0.167 e. The lowest BCUT2D eigenvalue weighted by Gasteiger charge is -2.27. The van der Waals surface area contributed by atoms with Gasteiger partial charge < -0.3 is 10.1 Å². The fourth-order valence-corrected chi connectivity index (χ4v) is 2.53. The molecule has 3 nitrogen and oxygen atoms in total. The first-order valence-electron chi connectivity index (χ1n) is 6.31. The van der Waals surface area contributed by atoms with E-state index < -0.39 is 0 Å². The summed E-state index contributed by atoms with van der Waals surface area (Å²) in [5.74, 6) is 0.984. The average Bonchev–Trinajstić information content (AvgIpc) is 2.47. The molecule has 0 radical (unpaired) electrons. The van der Waals surface area contributed by atoms with Crippen molar-refractivity contribution in [3.8, 4) is 5.75 Å². The van der Waals surface area contributed by atoms with Crippen LogP contribution >= 0.6 is 0 Å². The third-order valence-corrected chi connectivity index (χ3v) is 3.46. The van der Waals surface area contributed by atoms with Crippen LogP contribution in [0, 0.1) is 0 Å². The number of carbonyl (C=O) groups is 1. The number of benzene rings is 2. The normalized spacial score (nSPS) is 17.5. The molecule has 3 rings (SSSR count). The molecule has 3 heteroatoms. The Morgan fingerprint density at radius 2 is 1.84 bits per heavy atom. The number of anilines is 1. The topological polar surface area (TPSA) is 38.3 Å². The Morgan fingerprint density at radius 3 is 2.68 bits per heavy atom. The molecular weight excluding hydrogens is 238 g/mol. The van der Waals surface area contributed by atoms with E-state index in [1.54, 1.807) is 7.11 Å². The Morgan fingerprint density at radius 1 is 1.11 bits per heavy atom. The Hall–Kier alpha value is -2.29. The van der Waals surface area contributed by atoms with E-state index in [2.05, 4.69) is 5.32 Å². The number of methoxy groups -OCH3 is 1. The molecule has 1 atom stereocenters. The highest BCUT2D eigenvalue weighted by Gasteiger charge is 2.26. The van der Waals surface area contributed by atoms with Gasteiger partial charge in [0.1, 0.15) is 5.75 Å². The summed E-state index contributed by atoms with van der Waals surface area (Å²) in [6.45, 7) is 0. The number of para-hydroxylation sites is 2. The number of rotatable bonds is 2. The zero-order chi connectivity index (χ0) is 13.2. The van der Waals surface area contributed by atoms with Gasteiger partial charge in [0, 0.05) is 23.2 Å². The van der Waals surface area contributed by atoms with E-state index in [4.69, 9.17) is 4.74 Å². The number of ether oxygens (including phenoxy) is 1. The number of hydrogen-bond acceptors (Lipinski definition) is 3. The number of nitrogens with one attached hydrogen (secondary N) is 1. The second-order valence-corrected chi connectivity index (χ2v) is 4.61. The summed E-state index contributed by atoms with van der Waals surface area (Å²) in [6, 6.07) is 15.4. The molecule has 96 valence electrons. The Bertz CT molecular complexity index is 622. The van der Waals surface area contributed by atoms with Gasteiger partial charge in [-0.2, -0.15) is 0 Å². The lowest BCUT2D eigenvalue weighted by molar-refractivity contribution is 0.0972. The van der Waals surface area contributed by atoms with Crippen molar-refractivity contribution in [3.63, 3.8) is 0 Å². The molecule has 0 saturated heterocycles. The van der Waals surface area contributed by atoms with E-state index in [9.17, 15) is 4.79 Å².